The lowest BCUT2D eigenvalue weighted by Gasteiger charge is -2.42. The summed E-state index contributed by atoms with van der Waals surface area (Å²) >= 11 is 0. The molecule has 23 heavy (non-hydrogen) atoms. The molecule has 2 aliphatic heterocycles. The lowest BCUT2D eigenvalue weighted by Crippen LogP contribution is -2.50. The number of likely N-dealkylation sites (tertiary alicyclic amines) is 2. The monoisotopic (exact) mass is 318 g/mol. The van der Waals surface area contributed by atoms with Crippen LogP contribution in [0.2, 0.25) is 0 Å². The van der Waals surface area contributed by atoms with Crippen LogP contribution in [0.3, 0.4) is 0 Å². The number of nitrogens with zero attached hydrogens (tertiary/aromatic N) is 2. The summed E-state index contributed by atoms with van der Waals surface area (Å²) in [7, 11) is 0. The van der Waals surface area contributed by atoms with E-state index in [-0.39, 0.29) is 11.8 Å². The van der Waals surface area contributed by atoms with Crippen molar-refractivity contribution in [3.05, 3.63) is 0 Å². The summed E-state index contributed by atoms with van der Waals surface area (Å²) in [6.07, 6.45) is 12.0. The van der Waals surface area contributed by atoms with Gasteiger partial charge in [0, 0.05) is 32.1 Å². The van der Waals surface area contributed by atoms with Crippen LogP contribution in [0.25, 0.3) is 0 Å². The summed E-state index contributed by atoms with van der Waals surface area (Å²) < 4.78 is 0. The molecule has 0 aromatic rings. The first-order valence-corrected chi connectivity index (χ1v) is 9.74. The first-order chi connectivity index (χ1) is 11.2. The van der Waals surface area contributed by atoms with E-state index in [1.165, 1.54) is 38.5 Å². The van der Waals surface area contributed by atoms with Gasteiger partial charge < -0.3 is 9.80 Å². The van der Waals surface area contributed by atoms with Crippen molar-refractivity contribution < 1.29 is 9.59 Å². The highest BCUT2D eigenvalue weighted by Crippen LogP contribution is 2.46. The topological polar surface area (TPSA) is 40.6 Å². The molecule has 2 amide bonds. The predicted octanol–water partition coefficient (Wildman–Crippen LogP) is 2.82. The van der Waals surface area contributed by atoms with Crippen molar-refractivity contribution in [2.75, 3.05) is 26.2 Å². The maximum atomic E-state index is 12.9. The van der Waals surface area contributed by atoms with E-state index < -0.39 is 0 Å². The van der Waals surface area contributed by atoms with Gasteiger partial charge in [-0.15, -0.1) is 0 Å². The molecule has 1 spiro atoms. The van der Waals surface area contributed by atoms with Gasteiger partial charge in [0.2, 0.25) is 11.8 Å². The first-order valence-electron chi connectivity index (χ1n) is 9.74. The van der Waals surface area contributed by atoms with Crippen LogP contribution < -0.4 is 0 Å². The zero-order valence-corrected chi connectivity index (χ0v) is 14.3. The van der Waals surface area contributed by atoms with Crippen LogP contribution in [0.15, 0.2) is 0 Å². The summed E-state index contributed by atoms with van der Waals surface area (Å²) in [5.41, 5.74) is 0.567. The van der Waals surface area contributed by atoms with Crippen molar-refractivity contribution in [2.24, 2.45) is 17.3 Å². The lowest BCUT2D eigenvalue weighted by atomic mass is 9.77. The molecule has 2 saturated carbocycles. The zero-order chi connectivity index (χ0) is 15.9. The first kappa shape index (κ1) is 15.5. The Morgan fingerprint density at radius 1 is 0.696 bits per heavy atom. The van der Waals surface area contributed by atoms with E-state index in [2.05, 4.69) is 4.90 Å². The quantitative estimate of drug-likeness (QED) is 0.785. The molecular formula is C19H30N2O2. The van der Waals surface area contributed by atoms with Crippen LogP contribution in [0.5, 0.6) is 0 Å². The van der Waals surface area contributed by atoms with Gasteiger partial charge in [-0.2, -0.15) is 0 Å². The van der Waals surface area contributed by atoms with Crippen LogP contribution in [-0.4, -0.2) is 47.8 Å². The fraction of sp³-hybridized carbons (Fsp3) is 0.895. The molecule has 1 atom stereocenters. The van der Waals surface area contributed by atoms with E-state index in [1.54, 1.807) is 0 Å². The van der Waals surface area contributed by atoms with Gasteiger partial charge in [-0.3, -0.25) is 9.59 Å². The van der Waals surface area contributed by atoms with Gasteiger partial charge in [0.15, 0.2) is 0 Å². The second-order valence-electron chi connectivity index (χ2n) is 8.43. The third kappa shape index (κ3) is 3.14. The fourth-order valence-corrected chi connectivity index (χ4v) is 5.05. The smallest absolute Gasteiger partial charge is 0.227 e. The summed E-state index contributed by atoms with van der Waals surface area (Å²) in [6.45, 7) is 3.44. The fourth-order valence-electron chi connectivity index (χ4n) is 5.05. The molecule has 1 unspecified atom stereocenters. The zero-order valence-electron chi connectivity index (χ0n) is 14.3. The second kappa shape index (κ2) is 6.10. The molecule has 4 nitrogen and oxygen atoms in total. The molecule has 2 saturated heterocycles. The second-order valence-corrected chi connectivity index (χ2v) is 8.43. The van der Waals surface area contributed by atoms with E-state index in [1.807, 2.05) is 4.90 Å². The molecule has 4 fully saturated rings. The number of carbonyl (C=O) groups is 2. The van der Waals surface area contributed by atoms with Crippen molar-refractivity contribution in [1.82, 2.24) is 9.80 Å². The van der Waals surface area contributed by atoms with Gasteiger partial charge in [-0.25, -0.2) is 0 Å². The van der Waals surface area contributed by atoms with Gasteiger partial charge in [0.25, 0.3) is 0 Å². The van der Waals surface area contributed by atoms with Crippen LogP contribution in [0.1, 0.15) is 64.2 Å². The standard InChI is InChI=1S/C19H30N2O2/c22-17(15-5-6-15)21-11-3-4-16(14-21)18(23)20-12-9-19(10-13-20)7-1-2-8-19/h15-16H,1-14H2. The van der Waals surface area contributed by atoms with E-state index in [4.69, 9.17) is 0 Å². The summed E-state index contributed by atoms with van der Waals surface area (Å²) in [5, 5.41) is 0. The molecule has 0 bridgehead atoms. The Kier molecular flexibility index (Phi) is 4.10. The van der Waals surface area contributed by atoms with E-state index >= 15 is 0 Å². The molecule has 0 aromatic heterocycles. The molecule has 4 heteroatoms. The normalized spacial score (nSPS) is 30.7. The molecule has 0 radical (unpaired) electrons. The molecule has 2 aliphatic carbocycles. The Labute approximate surface area is 139 Å². The number of amides is 2. The van der Waals surface area contributed by atoms with Gasteiger partial charge >= 0.3 is 0 Å². The lowest BCUT2D eigenvalue weighted by molar-refractivity contribution is -0.143. The Bertz CT molecular complexity index is 470. The third-order valence-corrected chi connectivity index (χ3v) is 6.81. The van der Waals surface area contributed by atoms with Gasteiger partial charge in [-0.05, 0) is 56.8 Å². The van der Waals surface area contributed by atoms with Crippen LogP contribution in [-0.2, 0) is 9.59 Å². The van der Waals surface area contributed by atoms with E-state index in [0.717, 1.165) is 45.3 Å². The number of piperidine rings is 2. The minimum atomic E-state index is 0.0593. The largest absolute Gasteiger partial charge is 0.342 e. The minimum absolute atomic E-state index is 0.0593. The van der Waals surface area contributed by atoms with E-state index in [9.17, 15) is 9.59 Å². The third-order valence-electron chi connectivity index (χ3n) is 6.81. The number of hydrogen-bond donors (Lipinski definition) is 0. The van der Waals surface area contributed by atoms with Gasteiger partial charge in [0.05, 0.1) is 5.92 Å². The molecule has 128 valence electrons. The molecule has 2 heterocycles. The van der Waals surface area contributed by atoms with Crippen molar-refractivity contribution in [1.29, 1.82) is 0 Å². The molecular weight excluding hydrogens is 288 g/mol. The highest BCUT2D eigenvalue weighted by molar-refractivity contribution is 5.83. The Morgan fingerprint density at radius 2 is 1.35 bits per heavy atom. The highest BCUT2D eigenvalue weighted by Gasteiger charge is 2.41. The number of carbonyl (C=O) groups excluding carboxylic acids is 2. The van der Waals surface area contributed by atoms with Gasteiger partial charge in [0.1, 0.15) is 0 Å². The average Bonchev–Trinajstić information content (AvgIpc) is 3.36. The van der Waals surface area contributed by atoms with E-state index in [0.29, 0.717) is 23.8 Å². The molecule has 0 aromatic carbocycles. The maximum absolute atomic E-state index is 12.9. The summed E-state index contributed by atoms with van der Waals surface area (Å²) in [5.74, 6) is 0.974. The Morgan fingerprint density at radius 3 is 2.00 bits per heavy atom. The summed E-state index contributed by atoms with van der Waals surface area (Å²) in [4.78, 5) is 29.3. The number of hydrogen-bond acceptors (Lipinski definition) is 2. The predicted molar refractivity (Wildman–Crippen MR) is 88.7 cm³/mol. The minimum Gasteiger partial charge on any atom is -0.342 e. The van der Waals surface area contributed by atoms with Crippen molar-refractivity contribution >= 4 is 11.8 Å². The van der Waals surface area contributed by atoms with Crippen LogP contribution >= 0.6 is 0 Å². The summed E-state index contributed by atoms with van der Waals surface area (Å²) in [6, 6.07) is 0. The average molecular weight is 318 g/mol. The number of rotatable bonds is 2. The SMILES string of the molecule is O=C(C1CCCN(C(=O)C2CC2)C1)N1CCC2(CCCC2)CC1. The van der Waals surface area contributed by atoms with Crippen molar-refractivity contribution in [3.63, 3.8) is 0 Å². The Hall–Kier alpha value is -1.06. The Balaban J connectivity index is 1.32. The van der Waals surface area contributed by atoms with Crippen LogP contribution in [0.4, 0.5) is 0 Å². The van der Waals surface area contributed by atoms with Gasteiger partial charge in [-0.1, -0.05) is 12.8 Å². The molecule has 4 rings (SSSR count). The van der Waals surface area contributed by atoms with Crippen molar-refractivity contribution in [3.8, 4) is 0 Å². The van der Waals surface area contributed by atoms with Crippen molar-refractivity contribution in [2.45, 2.75) is 64.2 Å². The van der Waals surface area contributed by atoms with Crippen LogP contribution in [0, 0.1) is 17.3 Å². The molecule has 4 aliphatic rings. The maximum Gasteiger partial charge on any atom is 0.227 e. The molecule has 0 N–H and O–H groups in total. The highest BCUT2D eigenvalue weighted by atomic mass is 16.2.